The normalized spacial score (nSPS) is 12.2. The molecular formula is C16H16BrF2NO. The Balaban J connectivity index is 2.47. The summed E-state index contributed by atoms with van der Waals surface area (Å²) in [6, 6.07) is 8.65. The predicted octanol–water partition coefficient (Wildman–Crippen LogP) is 4.43. The Kier molecular flexibility index (Phi) is 5.31. The Morgan fingerprint density at radius 2 is 1.86 bits per heavy atom. The highest BCUT2D eigenvalue weighted by atomic mass is 79.9. The van der Waals surface area contributed by atoms with Gasteiger partial charge in [-0.15, -0.1) is 0 Å². The molecule has 0 radical (unpaired) electrons. The third-order valence-corrected chi connectivity index (χ3v) is 3.86. The lowest BCUT2D eigenvalue weighted by molar-refractivity contribution is 0.340. The average Bonchev–Trinajstić information content (AvgIpc) is 2.44. The summed E-state index contributed by atoms with van der Waals surface area (Å²) in [5.74, 6) is -0.442. The van der Waals surface area contributed by atoms with Crippen LogP contribution in [0.3, 0.4) is 0 Å². The van der Waals surface area contributed by atoms with Gasteiger partial charge in [-0.05, 0) is 43.8 Å². The fraction of sp³-hybridized carbons (Fsp3) is 0.250. The lowest BCUT2D eigenvalue weighted by Gasteiger charge is -2.20. The molecule has 0 heterocycles. The van der Waals surface area contributed by atoms with Crippen molar-refractivity contribution >= 4 is 15.9 Å². The van der Waals surface area contributed by atoms with E-state index in [0.29, 0.717) is 12.4 Å². The van der Waals surface area contributed by atoms with Crippen LogP contribution in [0.1, 0.15) is 24.1 Å². The SMILES string of the molecule is CCOc1ccc(C(NC)c2c(F)cccc2F)c(Br)c1. The van der Waals surface area contributed by atoms with E-state index in [9.17, 15) is 8.78 Å². The molecule has 0 saturated carbocycles. The van der Waals surface area contributed by atoms with Gasteiger partial charge in [0.15, 0.2) is 0 Å². The average molecular weight is 356 g/mol. The number of halogens is 3. The van der Waals surface area contributed by atoms with Crippen LogP contribution in [-0.4, -0.2) is 13.7 Å². The number of benzene rings is 2. The highest BCUT2D eigenvalue weighted by Gasteiger charge is 2.22. The molecule has 112 valence electrons. The summed E-state index contributed by atoms with van der Waals surface area (Å²) >= 11 is 3.44. The van der Waals surface area contributed by atoms with Crippen LogP contribution in [0.5, 0.6) is 5.75 Å². The molecule has 0 bridgehead atoms. The fourth-order valence-electron chi connectivity index (χ4n) is 2.24. The zero-order chi connectivity index (χ0) is 15.4. The number of hydrogen-bond donors (Lipinski definition) is 1. The Morgan fingerprint density at radius 3 is 2.38 bits per heavy atom. The molecule has 0 aliphatic rings. The van der Waals surface area contributed by atoms with Crippen molar-refractivity contribution in [3.8, 4) is 5.75 Å². The molecule has 1 unspecified atom stereocenters. The Hall–Kier alpha value is -1.46. The molecule has 2 aromatic carbocycles. The molecule has 1 N–H and O–H groups in total. The number of nitrogens with one attached hydrogen (secondary N) is 1. The van der Waals surface area contributed by atoms with Gasteiger partial charge in [0.25, 0.3) is 0 Å². The molecule has 1 atom stereocenters. The molecule has 2 nitrogen and oxygen atoms in total. The first-order valence-corrected chi connectivity index (χ1v) is 7.41. The lowest BCUT2D eigenvalue weighted by Crippen LogP contribution is -2.21. The van der Waals surface area contributed by atoms with Gasteiger partial charge in [-0.3, -0.25) is 0 Å². The van der Waals surface area contributed by atoms with Gasteiger partial charge in [0.1, 0.15) is 17.4 Å². The van der Waals surface area contributed by atoms with Crippen LogP contribution in [0.15, 0.2) is 40.9 Å². The van der Waals surface area contributed by atoms with Crippen molar-refractivity contribution in [1.29, 1.82) is 0 Å². The maximum absolute atomic E-state index is 14.0. The van der Waals surface area contributed by atoms with Crippen LogP contribution in [-0.2, 0) is 0 Å². The van der Waals surface area contributed by atoms with Gasteiger partial charge < -0.3 is 10.1 Å². The van der Waals surface area contributed by atoms with Crippen LogP contribution in [0.25, 0.3) is 0 Å². The Labute approximate surface area is 131 Å². The number of rotatable bonds is 5. The van der Waals surface area contributed by atoms with Crippen molar-refractivity contribution < 1.29 is 13.5 Å². The molecule has 0 saturated heterocycles. The first-order chi connectivity index (χ1) is 10.1. The van der Waals surface area contributed by atoms with Gasteiger partial charge in [0.05, 0.1) is 12.6 Å². The van der Waals surface area contributed by atoms with Crippen LogP contribution >= 0.6 is 15.9 Å². The van der Waals surface area contributed by atoms with E-state index in [2.05, 4.69) is 21.2 Å². The minimum Gasteiger partial charge on any atom is -0.494 e. The Bertz CT molecular complexity index is 613. The van der Waals surface area contributed by atoms with E-state index < -0.39 is 17.7 Å². The lowest BCUT2D eigenvalue weighted by atomic mass is 9.97. The molecule has 21 heavy (non-hydrogen) atoms. The summed E-state index contributed by atoms with van der Waals surface area (Å²) in [5, 5.41) is 2.96. The van der Waals surface area contributed by atoms with Crippen molar-refractivity contribution in [2.75, 3.05) is 13.7 Å². The zero-order valence-corrected chi connectivity index (χ0v) is 13.4. The van der Waals surface area contributed by atoms with Gasteiger partial charge >= 0.3 is 0 Å². The van der Waals surface area contributed by atoms with E-state index >= 15 is 0 Å². The van der Waals surface area contributed by atoms with Crippen LogP contribution in [0, 0.1) is 11.6 Å². The topological polar surface area (TPSA) is 21.3 Å². The van der Waals surface area contributed by atoms with Gasteiger partial charge in [0, 0.05) is 10.0 Å². The van der Waals surface area contributed by atoms with Crippen molar-refractivity contribution in [2.24, 2.45) is 0 Å². The molecule has 5 heteroatoms. The fourth-order valence-corrected chi connectivity index (χ4v) is 2.83. The summed E-state index contributed by atoms with van der Waals surface area (Å²) in [6.45, 7) is 2.45. The van der Waals surface area contributed by atoms with Crippen molar-refractivity contribution in [2.45, 2.75) is 13.0 Å². The van der Waals surface area contributed by atoms with E-state index in [1.165, 1.54) is 18.2 Å². The predicted molar refractivity (Wildman–Crippen MR) is 82.6 cm³/mol. The van der Waals surface area contributed by atoms with Gasteiger partial charge in [-0.2, -0.15) is 0 Å². The number of ether oxygens (including phenoxy) is 1. The van der Waals surface area contributed by atoms with E-state index in [1.807, 2.05) is 6.92 Å². The molecule has 0 fully saturated rings. The molecule has 0 spiro atoms. The standard InChI is InChI=1S/C16H16BrF2NO/c1-3-21-10-7-8-11(12(17)9-10)16(20-2)15-13(18)5-4-6-14(15)19/h4-9,16,20H,3H2,1-2H3. The highest BCUT2D eigenvalue weighted by Crippen LogP contribution is 2.33. The van der Waals surface area contributed by atoms with Crippen molar-refractivity contribution in [3.63, 3.8) is 0 Å². The van der Waals surface area contributed by atoms with Gasteiger partial charge in [-0.25, -0.2) is 8.78 Å². The number of hydrogen-bond acceptors (Lipinski definition) is 2. The molecule has 0 aliphatic carbocycles. The minimum absolute atomic E-state index is 0.00450. The first kappa shape index (κ1) is 15.9. The summed E-state index contributed by atoms with van der Waals surface area (Å²) < 4.78 is 34.1. The second-order valence-corrected chi connectivity index (χ2v) is 5.33. The summed E-state index contributed by atoms with van der Waals surface area (Å²) in [6.07, 6.45) is 0. The molecule has 2 rings (SSSR count). The van der Waals surface area contributed by atoms with E-state index in [-0.39, 0.29) is 5.56 Å². The second-order valence-electron chi connectivity index (χ2n) is 4.47. The molecule has 0 aliphatic heterocycles. The second kappa shape index (κ2) is 7.00. The van der Waals surface area contributed by atoms with Gasteiger partial charge in [0.2, 0.25) is 0 Å². The zero-order valence-electron chi connectivity index (χ0n) is 11.8. The smallest absolute Gasteiger partial charge is 0.131 e. The van der Waals surface area contributed by atoms with Crippen molar-refractivity contribution in [1.82, 2.24) is 5.32 Å². The summed E-state index contributed by atoms with van der Waals surface area (Å²) in [5.41, 5.74) is 0.745. The molecule has 0 amide bonds. The molecule has 2 aromatic rings. The minimum atomic E-state index is -0.587. The highest BCUT2D eigenvalue weighted by molar-refractivity contribution is 9.10. The van der Waals surface area contributed by atoms with Gasteiger partial charge in [-0.1, -0.05) is 28.1 Å². The maximum atomic E-state index is 14.0. The third-order valence-electron chi connectivity index (χ3n) is 3.17. The molecular weight excluding hydrogens is 340 g/mol. The van der Waals surface area contributed by atoms with Crippen LogP contribution in [0.2, 0.25) is 0 Å². The van der Waals surface area contributed by atoms with E-state index in [1.54, 1.807) is 25.2 Å². The largest absolute Gasteiger partial charge is 0.494 e. The van der Waals surface area contributed by atoms with Crippen LogP contribution in [0.4, 0.5) is 8.78 Å². The van der Waals surface area contributed by atoms with E-state index in [0.717, 1.165) is 10.0 Å². The third kappa shape index (κ3) is 3.41. The van der Waals surface area contributed by atoms with E-state index in [4.69, 9.17) is 4.74 Å². The Morgan fingerprint density at radius 1 is 1.19 bits per heavy atom. The monoisotopic (exact) mass is 355 g/mol. The maximum Gasteiger partial charge on any atom is 0.131 e. The van der Waals surface area contributed by atoms with Crippen LogP contribution < -0.4 is 10.1 Å². The quantitative estimate of drug-likeness (QED) is 0.856. The summed E-state index contributed by atoms with van der Waals surface area (Å²) in [4.78, 5) is 0. The molecule has 0 aromatic heterocycles. The summed E-state index contributed by atoms with van der Waals surface area (Å²) in [7, 11) is 1.67. The first-order valence-electron chi connectivity index (χ1n) is 6.61. The van der Waals surface area contributed by atoms with Crippen molar-refractivity contribution in [3.05, 3.63) is 63.6 Å².